The van der Waals surface area contributed by atoms with Crippen molar-refractivity contribution in [3.63, 3.8) is 0 Å². The predicted molar refractivity (Wildman–Crippen MR) is 81.0 cm³/mol. The van der Waals surface area contributed by atoms with E-state index < -0.39 is 34.9 Å². The Labute approximate surface area is 138 Å². The number of esters is 2. The largest absolute Gasteiger partial charge is 0.490 e. The van der Waals surface area contributed by atoms with Crippen molar-refractivity contribution in [2.75, 3.05) is 6.61 Å². The van der Waals surface area contributed by atoms with Gasteiger partial charge in [0.2, 0.25) is 5.82 Å². The number of ether oxygens (including phenoxy) is 3. The number of cyclic esters (lactones) is 2. The molecule has 1 heterocycles. The predicted octanol–water partition coefficient (Wildman–Crippen LogP) is 3.36. The van der Waals surface area contributed by atoms with E-state index in [0.717, 1.165) is 18.6 Å². The maximum Gasteiger partial charge on any atom is 0.348 e. The lowest BCUT2D eigenvalue weighted by Gasteiger charge is -2.29. The molecule has 0 N–H and O–H groups in total. The zero-order valence-corrected chi connectivity index (χ0v) is 13.7. The van der Waals surface area contributed by atoms with Crippen LogP contribution in [0.4, 0.5) is 8.78 Å². The summed E-state index contributed by atoms with van der Waals surface area (Å²) < 4.78 is 42.5. The molecular formula is C17H18F2O5. The molecule has 130 valence electrons. The number of benzene rings is 1. The van der Waals surface area contributed by atoms with Crippen LogP contribution in [-0.4, -0.2) is 24.3 Å². The molecule has 0 amide bonds. The molecule has 0 radical (unpaired) electrons. The van der Waals surface area contributed by atoms with Crippen molar-refractivity contribution < 1.29 is 32.6 Å². The average molecular weight is 340 g/mol. The van der Waals surface area contributed by atoms with Crippen LogP contribution in [0.1, 0.15) is 39.2 Å². The number of unbranched alkanes of at least 4 members (excludes halogenated alkanes) is 1. The summed E-state index contributed by atoms with van der Waals surface area (Å²) in [6.07, 6.45) is 2.59. The highest BCUT2D eigenvalue weighted by atomic mass is 19.2. The highest BCUT2D eigenvalue weighted by molar-refractivity contribution is 6.18. The van der Waals surface area contributed by atoms with E-state index in [9.17, 15) is 18.4 Å². The Morgan fingerprint density at radius 2 is 1.79 bits per heavy atom. The van der Waals surface area contributed by atoms with Crippen molar-refractivity contribution in [3.8, 4) is 5.75 Å². The minimum atomic E-state index is -1.37. The SMILES string of the molecule is CCCCOc1cc(C=C2C(=O)OC(C)(C)OC2=O)cc(F)c1F. The molecule has 24 heavy (non-hydrogen) atoms. The molecule has 1 aliphatic heterocycles. The zero-order valence-electron chi connectivity index (χ0n) is 13.7. The molecule has 1 fully saturated rings. The Morgan fingerprint density at radius 1 is 1.17 bits per heavy atom. The minimum absolute atomic E-state index is 0.0870. The summed E-state index contributed by atoms with van der Waals surface area (Å²) in [5.74, 6) is -5.71. The fourth-order valence-electron chi connectivity index (χ4n) is 2.04. The lowest BCUT2D eigenvalue weighted by atomic mass is 10.1. The van der Waals surface area contributed by atoms with Gasteiger partial charge in [-0.3, -0.25) is 0 Å². The van der Waals surface area contributed by atoms with E-state index in [-0.39, 0.29) is 17.9 Å². The van der Waals surface area contributed by atoms with E-state index in [0.29, 0.717) is 6.42 Å². The third-order valence-corrected chi connectivity index (χ3v) is 3.20. The maximum absolute atomic E-state index is 13.7. The first kappa shape index (κ1) is 17.9. The molecule has 1 aromatic carbocycles. The van der Waals surface area contributed by atoms with Crippen molar-refractivity contribution in [1.82, 2.24) is 0 Å². The minimum Gasteiger partial charge on any atom is -0.490 e. The summed E-state index contributed by atoms with van der Waals surface area (Å²) in [7, 11) is 0. The van der Waals surface area contributed by atoms with E-state index in [4.69, 9.17) is 14.2 Å². The van der Waals surface area contributed by atoms with Gasteiger partial charge >= 0.3 is 11.9 Å². The number of carbonyl (C=O) groups excluding carboxylic acids is 2. The van der Waals surface area contributed by atoms with Crippen molar-refractivity contribution in [3.05, 3.63) is 34.9 Å². The third-order valence-electron chi connectivity index (χ3n) is 3.20. The van der Waals surface area contributed by atoms with Crippen molar-refractivity contribution in [2.24, 2.45) is 0 Å². The topological polar surface area (TPSA) is 61.8 Å². The highest BCUT2D eigenvalue weighted by Gasteiger charge is 2.38. The van der Waals surface area contributed by atoms with E-state index >= 15 is 0 Å². The van der Waals surface area contributed by atoms with E-state index in [1.165, 1.54) is 19.9 Å². The molecule has 1 aliphatic rings. The molecule has 0 aliphatic carbocycles. The van der Waals surface area contributed by atoms with E-state index in [2.05, 4.69) is 0 Å². The third kappa shape index (κ3) is 4.10. The monoisotopic (exact) mass is 340 g/mol. The highest BCUT2D eigenvalue weighted by Crippen LogP contribution is 2.27. The summed E-state index contributed by atoms with van der Waals surface area (Å²) in [5, 5.41) is 0. The van der Waals surface area contributed by atoms with Crippen LogP contribution in [0.15, 0.2) is 17.7 Å². The normalized spacial score (nSPS) is 16.5. The Morgan fingerprint density at radius 3 is 2.38 bits per heavy atom. The van der Waals surface area contributed by atoms with Crippen molar-refractivity contribution in [2.45, 2.75) is 39.4 Å². The maximum atomic E-state index is 13.7. The molecule has 0 unspecified atom stereocenters. The molecule has 0 saturated carbocycles. The molecule has 7 heteroatoms. The smallest absolute Gasteiger partial charge is 0.348 e. The summed E-state index contributed by atoms with van der Waals surface area (Å²) >= 11 is 0. The van der Waals surface area contributed by atoms with Gasteiger partial charge in [0.1, 0.15) is 5.57 Å². The van der Waals surface area contributed by atoms with Gasteiger partial charge in [-0.05, 0) is 30.2 Å². The van der Waals surface area contributed by atoms with Gasteiger partial charge in [0.25, 0.3) is 5.79 Å². The standard InChI is InChI=1S/C17H18F2O5/c1-4-5-6-22-13-9-10(8-12(18)14(13)19)7-11-15(20)23-17(2,3)24-16(11)21/h7-9H,4-6H2,1-3H3. The lowest BCUT2D eigenvalue weighted by molar-refractivity contribution is -0.222. The average Bonchev–Trinajstić information content (AvgIpc) is 2.47. The number of halogens is 2. The van der Waals surface area contributed by atoms with Gasteiger partial charge in [-0.2, -0.15) is 4.39 Å². The first-order valence-corrected chi connectivity index (χ1v) is 7.53. The van der Waals surface area contributed by atoms with E-state index in [1.807, 2.05) is 6.92 Å². The van der Waals surface area contributed by atoms with Crippen LogP contribution >= 0.6 is 0 Å². The Kier molecular flexibility index (Phi) is 5.21. The van der Waals surface area contributed by atoms with Crippen LogP contribution in [0, 0.1) is 11.6 Å². The lowest BCUT2D eigenvalue weighted by Crippen LogP contribution is -2.41. The molecule has 0 aromatic heterocycles. The van der Waals surface area contributed by atoms with Crippen LogP contribution < -0.4 is 4.74 Å². The second-order valence-electron chi connectivity index (χ2n) is 5.75. The second kappa shape index (κ2) is 6.98. The Bertz CT molecular complexity index is 672. The number of rotatable bonds is 5. The van der Waals surface area contributed by atoms with Gasteiger partial charge in [-0.25, -0.2) is 14.0 Å². The van der Waals surface area contributed by atoms with Crippen LogP contribution in [-0.2, 0) is 19.1 Å². The van der Waals surface area contributed by atoms with Gasteiger partial charge in [0, 0.05) is 13.8 Å². The van der Waals surface area contributed by atoms with Gasteiger partial charge < -0.3 is 14.2 Å². The van der Waals surface area contributed by atoms with Crippen molar-refractivity contribution in [1.29, 1.82) is 0 Å². The molecule has 1 saturated heterocycles. The summed E-state index contributed by atoms with van der Waals surface area (Å²) in [6.45, 7) is 4.99. The van der Waals surface area contributed by atoms with E-state index in [1.54, 1.807) is 0 Å². The molecular weight excluding hydrogens is 322 g/mol. The van der Waals surface area contributed by atoms with Gasteiger partial charge in [-0.15, -0.1) is 0 Å². The fourth-order valence-corrected chi connectivity index (χ4v) is 2.04. The van der Waals surface area contributed by atoms with Crippen LogP contribution in [0.2, 0.25) is 0 Å². The second-order valence-corrected chi connectivity index (χ2v) is 5.75. The summed E-state index contributed by atoms with van der Waals surface area (Å²) in [6, 6.07) is 2.07. The molecule has 5 nitrogen and oxygen atoms in total. The van der Waals surface area contributed by atoms with Crippen LogP contribution in [0.5, 0.6) is 5.75 Å². The van der Waals surface area contributed by atoms with Gasteiger partial charge in [-0.1, -0.05) is 13.3 Å². The Balaban J connectivity index is 2.32. The molecule has 0 bridgehead atoms. The number of hydrogen-bond acceptors (Lipinski definition) is 5. The summed E-state index contributed by atoms with van der Waals surface area (Å²) in [4.78, 5) is 23.8. The Hall–Kier alpha value is -2.44. The van der Waals surface area contributed by atoms with Crippen LogP contribution in [0.25, 0.3) is 6.08 Å². The fraction of sp³-hybridized carbons (Fsp3) is 0.412. The number of hydrogen-bond donors (Lipinski definition) is 0. The van der Waals surface area contributed by atoms with Gasteiger partial charge in [0.15, 0.2) is 11.6 Å². The molecule has 0 spiro atoms. The van der Waals surface area contributed by atoms with Gasteiger partial charge in [0.05, 0.1) is 6.61 Å². The van der Waals surface area contributed by atoms with Crippen molar-refractivity contribution >= 4 is 18.0 Å². The number of carbonyl (C=O) groups is 2. The first-order chi connectivity index (χ1) is 11.2. The molecule has 1 aromatic rings. The first-order valence-electron chi connectivity index (χ1n) is 7.53. The van der Waals surface area contributed by atoms with Crippen LogP contribution in [0.3, 0.4) is 0 Å². The zero-order chi connectivity index (χ0) is 17.9. The molecule has 0 atom stereocenters. The quantitative estimate of drug-likeness (QED) is 0.356. The summed E-state index contributed by atoms with van der Waals surface area (Å²) in [5.41, 5.74) is -0.316. The molecule has 2 rings (SSSR count).